The van der Waals surface area contributed by atoms with Gasteiger partial charge in [-0.1, -0.05) is 13.8 Å². The summed E-state index contributed by atoms with van der Waals surface area (Å²) >= 11 is 0. The topological polar surface area (TPSA) is 67.2 Å². The molecule has 1 atom stereocenters. The monoisotopic (exact) mass is 279 g/mol. The fourth-order valence-electron chi connectivity index (χ4n) is 1.58. The van der Waals surface area contributed by atoms with E-state index in [9.17, 15) is 18.0 Å². The predicted molar refractivity (Wildman–Crippen MR) is 61.5 cm³/mol. The summed E-state index contributed by atoms with van der Waals surface area (Å²) in [4.78, 5) is 10.9. The standard InChI is InChI=1S/C11H16F3N3O2/c1-7(2)15-8(10(18)19)3-5-17-6-4-9(16-17)11(12,13)14/h4,6-8,15H,3,5H2,1-2H3,(H,18,19). The number of rotatable bonds is 6. The van der Waals surface area contributed by atoms with E-state index in [1.807, 2.05) is 0 Å². The highest BCUT2D eigenvalue weighted by molar-refractivity contribution is 5.73. The maximum absolute atomic E-state index is 12.3. The average molecular weight is 279 g/mol. The van der Waals surface area contributed by atoms with Crippen LogP contribution in [0.4, 0.5) is 13.2 Å². The molecular weight excluding hydrogens is 263 g/mol. The van der Waals surface area contributed by atoms with Crippen molar-refractivity contribution in [3.63, 3.8) is 0 Å². The van der Waals surface area contributed by atoms with Crippen molar-refractivity contribution in [3.05, 3.63) is 18.0 Å². The van der Waals surface area contributed by atoms with Gasteiger partial charge >= 0.3 is 12.1 Å². The van der Waals surface area contributed by atoms with E-state index in [2.05, 4.69) is 10.4 Å². The third-order valence-electron chi connectivity index (χ3n) is 2.41. The Morgan fingerprint density at radius 2 is 2.16 bits per heavy atom. The second-order valence-corrected chi connectivity index (χ2v) is 4.46. The van der Waals surface area contributed by atoms with Crippen LogP contribution in [0, 0.1) is 0 Å². The number of alkyl halides is 3. The SMILES string of the molecule is CC(C)NC(CCn1ccc(C(F)(F)F)n1)C(=O)O. The first-order chi connectivity index (χ1) is 8.70. The number of nitrogens with zero attached hydrogens (tertiary/aromatic N) is 2. The third kappa shape index (κ3) is 4.90. The van der Waals surface area contributed by atoms with Crippen LogP contribution in [0.25, 0.3) is 0 Å². The lowest BCUT2D eigenvalue weighted by atomic mass is 10.2. The normalized spacial score (nSPS) is 13.8. The molecule has 0 aliphatic carbocycles. The first-order valence-corrected chi connectivity index (χ1v) is 5.79. The summed E-state index contributed by atoms with van der Waals surface area (Å²) in [7, 11) is 0. The van der Waals surface area contributed by atoms with Crippen molar-refractivity contribution in [2.24, 2.45) is 0 Å². The van der Waals surface area contributed by atoms with Crippen molar-refractivity contribution in [2.75, 3.05) is 0 Å². The van der Waals surface area contributed by atoms with Crippen LogP contribution in [-0.2, 0) is 17.5 Å². The van der Waals surface area contributed by atoms with Gasteiger partial charge < -0.3 is 10.4 Å². The predicted octanol–water partition coefficient (Wildman–Crippen LogP) is 1.74. The quantitative estimate of drug-likeness (QED) is 0.832. The van der Waals surface area contributed by atoms with Gasteiger partial charge in [-0.15, -0.1) is 0 Å². The van der Waals surface area contributed by atoms with Gasteiger partial charge in [0.25, 0.3) is 0 Å². The van der Waals surface area contributed by atoms with Crippen LogP contribution in [0.5, 0.6) is 0 Å². The molecule has 0 spiro atoms. The minimum atomic E-state index is -4.48. The number of carboxylic acid groups (broad SMARTS) is 1. The molecule has 2 N–H and O–H groups in total. The summed E-state index contributed by atoms with van der Waals surface area (Å²) in [5, 5.41) is 15.1. The molecule has 1 aromatic heterocycles. The Morgan fingerprint density at radius 1 is 1.53 bits per heavy atom. The second kappa shape index (κ2) is 6.05. The molecule has 108 valence electrons. The van der Waals surface area contributed by atoms with Crippen LogP contribution in [0.1, 0.15) is 26.0 Å². The smallest absolute Gasteiger partial charge is 0.435 e. The highest BCUT2D eigenvalue weighted by atomic mass is 19.4. The summed E-state index contributed by atoms with van der Waals surface area (Å²) in [6.07, 6.45) is -3.13. The lowest BCUT2D eigenvalue weighted by molar-refractivity contribution is -0.142. The minimum Gasteiger partial charge on any atom is -0.480 e. The van der Waals surface area contributed by atoms with Crippen molar-refractivity contribution < 1.29 is 23.1 Å². The van der Waals surface area contributed by atoms with Gasteiger partial charge in [-0.3, -0.25) is 9.48 Å². The number of aromatic nitrogens is 2. The highest BCUT2D eigenvalue weighted by Gasteiger charge is 2.33. The summed E-state index contributed by atoms with van der Waals surface area (Å²) < 4.78 is 38.1. The molecule has 1 aromatic rings. The van der Waals surface area contributed by atoms with E-state index in [4.69, 9.17) is 5.11 Å². The minimum absolute atomic E-state index is 0.0237. The molecule has 0 aliphatic rings. The molecule has 19 heavy (non-hydrogen) atoms. The van der Waals surface area contributed by atoms with Gasteiger partial charge in [0.2, 0.25) is 0 Å². The molecule has 0 saturated carbocycles. The Morgan fingerprint density at radius 3 is 2.58 bits per heavy atom. The molecule has 0 bridgehead atoms. The van der Waals surface area contributed by atoms with Gasteiger partial charge in [0.05, 0.1) is 0 Å². The number of hydrogen-bond donors (Lipinski definition) is 2. The van der Waals surface area contributed by atoms with E-state index in [1.165, 1.54) is 6.20 Å². The van der Waals surface area contributed by atoms with Gasteiger partial charge in [-0.05, 0) is 12.5 Å². The van der Waals surface area contributed by atoms with Crippen LogP contribution in [0.3, 0.4) is 0 Å². The molecule has 0 radical (unpaired) electrons. The van der Waals surface area contributed by atoms with E-state index < -0.39 is 23.9 Å². The number of carboxylic acids is 1. The number of hydrogen-bond acceptors (Lipinski definition) is 3. The van der Waals surface area contributed by atoms with Crippen molar-refractivity contribution in [1.29, 1.82) is 0 Å². The first-order valence-electron chi connectivity index (χ1n) is 5.79. The number of aliphatic carboxylic acids is 1. The Labute approximate surface area is 108 Å². The Kier molecular flexibility index (Phi) is 4.93. The van der Waals surface area contributed by atoms with Gasteiger partial charge in [0.1, 0.15) is 6.04 Å². The number of halogens is 3. The molecule has 1 unspecified atom stereocenters. The van der Waals surface area contributed by atoms with Crippen molar-refractivity contribution in [2.45, 2.75) is 45.1 Å². The summed E-state index contributed by atoms with van der Waals surface area (Å²) in [5.74, 6) is -1.03. The molecule has 0 saturated heterocycles. The first kappa shape index (κ1) is 15.5. The molecule has 0 aromatic carbocycles. The van der Waals surface area contributed by atoms with Crippen molar-refractivity contribution >= 4 is 5.97 Å². The molecule has 0 fully saturated rings. The van der Waals surface area contributed by atoms with Gasteiger partial charge in [0.15, 0.2) is 5.69 Å². The molecule has 0 amide bonds. The molecular formula is C11H16F3N3O2. The van der Waals surface area contributed by atoms with Crippen molar-refractivity contribution in [3.8, 4) is 0 Å². The average Bonchev–Trinajstić information content (AvgIpc) is 2.71. The van der Waals surface area contributed by atoms with E-state index in [-0.39, 0.29) is 19.0 Å². The molecule has 1 rings (SSSR count). The zero-order valence-electron chi connectivity index (χ0n) is 10.6. The van der Waals surface area contributed by atoms with Crippen LogP contribution >= 0.6 is 0 Å². The number of aryl methyl sites for hydroxylation is 1. The summed E-state index contributed by atoms with van der Waals surface area (Å²) in [5.41, 5.74) is -0.976. The maximum Gasteiger partial charge on any atom is 0.435 e. The van der Waals surface area contributed by atoms with Gasteiger partial charge in [-0.25, -0.2) is 0 Å². The van der Waals surface area contributed by atoms with Gasteiger partial charge in [-0.2, -0.15) is 18.3 Å². The van der Waals surface area contributed by atoms with Gasteiger partial charge in [0, 0.05) is 18.8 Å². The Balaban J connectivity index is 2.60. The number of carbonyl (C=O) groups is 1. The van der Waals surface area contributed by atoms with E-state index in [1.54, 1.807) is 13.8 Å². The summed E-state index contributed by atoms with van der Waals surface area (Å²) in [6, 6.07) is 0.0362. The lowest BCUT2D eigenvalue weighted by Gasteiger charge is -2.17. The zero-order chi connectivity index (χ0) is 14.6. The molecule has 1 heterocycles. The summed E-state index contributed by atoms with van der Waals surface area (Å²) in [6.45, 7) is 3.70. The largest absolute Gasteiger partial charge is 0.480 e. The van der Waals surface area contributed by atoms with Crippen molar-refractivity contribution in [1.82, 2.24) is 15.1 Å². The van der Waals surface area contributed by atoms with Crippen LogP contribution in [-0.4, -0.2) is 32.9 Å². The van der Waals surface area contributed by atoms with E-state index in [0.29, 0.717) is 0 Å². The fourth-order valence-corrected chi connectivity index (χ4v) is 1.58. The fraction of sp³-hybridized carbons (Fsp3) is 0.636. The number of nitrogens with one attached hydrogen (secondary N) is 1. The van der Waals surface area contributed by atoms with Crippen LogP contribution in [0.2, 0.25) is 0 Å². The second-order valence-electron chi connectivity index (χ2n) is 4.46. The Hall–Kier alpha value is -1.57. The maximum atomic E-state index is 12.3. The van der Waals surface area contributed by atoms with Crippen LogP contribution < -0.4 is 5.32 Å². The van der Waals surface area contributed by atoms with Crippen LogP contribution in [0.15, 0.2) is 12.3 Å². The van der Waals surface area contributed by atoms with E-state index >= 15 is 0 Å². The molecule has 8 heteroatoms. The van der Waals surface area contributed by atoms with E-state index in [0.717, 1.165) is 10.7 Å². The highest BCUT2D eigenvalue weighted by Crippen LogP contribution is 2.27. The third-order valence-corrected chi connectivity index (χ3v) is 2.41. The lowest BCUT2D eigenvalue weighted by Crippen LogP contribution is -2.41. The molecule has 5 nitrogen and oxygen atoms in total. The molecule has 0 aliphatic heterocycles. The Bertz CT molecular complexity index is 429. The zero-order valence-corrected chi connectivity index (χ0v) is 10.6.